The van der Waals surface area contributed by atoms with Gasteiger partial charge in [0.25, 0.3) is 0 Å². The van der Waals surface area contributed by atoms with Crippen LogP contribution in [0.5, 0.6) is 0 Å². The predicted octanol–water partition coefficient (Wildman–Crippen LogP) is 2.53. The molecule has 3 rings (SSSR count). The van der Waals surface area contributed by atoms with Crippen LogP contribution in [-0.2, 0) is 6.42 Å². The lowest BCUT2D eigenvalue weighted by Crippen LogP contribution is -2.13. The molecule has 0 bridgehead atoms. The van der Waals surface area contributed by atoms with Crippen molar-refractivity contribution in [2.45, 2.75) is 12.5 Å². The largest absolute Gasteiger partial charge is 0.348 e. The van der Waals surface area contributed by atoms with Crippen LogP contribution >= 0.6 is 27.3 Å². The summed E-state index contributed by atoms with van der Waals surface area (Å²) in [5.41, 5.74) is 6.97. The van der Waals surface area contributed by atoms with Crippen LogP contribution in [0.1, 0.15) is 17.6 Å². The fourth-order valence-electron chi connectivity index (χ4n) is 1.64. The second-order valence-electron chi connectivity index (χ2n) is 3.97. The molecule has 0 aliphatic rings. The van der Waals surface area contributed by atoms with Crippen molar-refractivity contribution in [3.8, 4) is 10.7 Å². The molecular weight excluding hydrogens is 330 g/mol. The number of aromatic nitrogens is 4. The van der Waals surface area contributed by atoms with E-state index in [1.807, 2.05) is 11.4 Å². The summed E-state index contributed by atoms with van der Waals surface area (Å²) in [4.78, 5) is 12.2. The summed E-state index contributed by atoms with van der Waals surface area (Å²) in [6.45, 7) is 0. The fourth-order valence-corrected chi connectivity index (χ4v) is 2.99. The molecule has 1 unspecified atom stereocenters. The number of H-pyrrole nitrogens is 1. The monoisotopic (exact) mass is 339 g/mol. The van der Waals surface area contributed by atoms with Gasteiger partial charge < -0.3 is 15.2 Å². The maximum absolute atomic E-state index is 6.03. The highest BCUT2D eigenvalue weighted by Gasteiger charge is 2.17. The molecule has 3 aromatic heterocycles. The van der Waals surface area contributed by atoms with Crippen molar-refractivity contribution in [3.05, 3.63) is 40.0 Å². The number of halogens is 1. The maximum atomic E-state index is 6.03. The Morgan fingerprint density at radius 1 is 1.53 bits per heavy atom. The molecule has 1 atom stereocenters. The first-order valence-electron chi connectivity index (χ1n) is 5.53. The summed E-state index contributed by atoms with van der Waals surface area (Å²) in [5, 5.41) is 5.92. The van der Waals surface area contributed by atoms with Gasteiger partial charge in [-0.15, -0.1) is 11.3 Å². The highest BCUT2D eigenvalue weighted by atomic mass is 79.9. The zero-order valence-electron chi connectivity index (χ0n) is 9.71. The van der Waals surface area contributed by atoms with Crippen molar-refractivity contribution in [2.75, 3.05) is 0 Å². The third-order valence-corrected chi connectivity index (χ3v) is 4.23. The van der Waals surface area contributed by atoms with E-state index in [2.05, 4.69) is 36.0 Å². The molecule has 19 heavy (non-hydrogen) atoms. The lowest BCUT2D eigenvalue weighted by atomic mass is 10.2. The van der Waals surface area contributed by atoms with Crippen LogP contribution in [0.15, 0.2) is 33.0 Å². The van der Waals surface area contributed by atoms with Crippen LogP contribution in [0.25, 0.3) is 10.7 Å². The molecule has 0 spiro atoms. The Bertz CT molecular complexity index is 662. The number of rotatable bonds is 4. The minimum Gasteiger partial charge on any atom is -0.348 e. The zero-order chi connectivity index (χ0) is 13.2. The van der Waals surface area contributed by atoms with Crippen LogP contribution in [-0.4, -0.2) is 20.1 Å². The van der Waals surface area contributed by atoms with Crippen molar-refractivity contribution >= 4 is 27.3 Å². The van der Waals surface area contributed by atoms with Gasteiger partial charge in [-0.1, -0.05) is 5.16 Å². The van der Waals surface area contributed by atoms with Crippen molar-refractivity contribution in [1.82, 2.24) is 20.1 Å². The van der Waals surface area contributed by atoms with Gasteiger partial charge in [-0.25, -0.2) is 4.98 Å². The van der Waals surface area contributed by atoms with E-state index in [1.165, 1.54) is 0 Å². The molecule has 0 saturated heterocycles. The van der Waals surface area contributed by atoms with Gasteiger partial charge in [0.05, 0.1) is 17.2 Å². The van der Waals surface area contributed by atoms with Crippen molar-refractivity contribution in [1.29, 1.82) is 0 Å². The lowest BCUT2D eigenvalue weighted by molar-refractivity contribution is 0.354. The Morgan fingerprint density at radius 2 is 2.42 bits per heavy atom. The van der Waals surface area contributed by atoms with E-state index in [0.717, 1.165) is 15.0 Å². The average Bonchev–Trinajstić information content (AvgIpc) is 3.07. The molecular formula is C11H10BrN5OS. The van der Waals surface area contributed by atoms with E-state index < -0.39 is 0 Å². The van der Waals surface area contributed by atoms with Crippen LogP contribution in [0.4, 0.5) is 0 Å². The van der Waals surface area contributed by atoms with E-state index in [1.54, 1.807) is 23.9 Å². The van der Waals surface area contributed by atoms with Gasteiger partial charge in [-0.05, 0) is 22.0 Å². The Labute approximate surface area is 121 Å². The normalized spacial score (nSPS) is 12.7. The molecule has 0 radical (unpaired) electrons. The molecule has 3 aromatic rings. The number of hydrogen-bond donors (Lipinski definition) is 2. The number of nitrogens with one attached hydrogen (secondary N) is 1. The molecule has 0 fully saturated rings. The highest BCUT2D eigenvalue weighted by molar-refractivity contribution is 9.10. The van der Waals surface area contributed by atoms with E-state index in [9.17, 15) is 0 Å². The number of thiophene rings is 1. The van der Waals surface area contributed by atoms with E-state index in [4.69, 9.17) is 10.3 Å². The minimum atomic E-state index is -0.342. The quantitative estimate of drug-likeness (QED) is 0.761. The molecule has 3 heterocycles. The van der Waals surface area contributed by atoms with Gasteiger partial charge in [0, 0.05) is 28.2 Å². The van der Waals surface area contributed by atoms with Gasteiger partial charge in [-0.2, -0.15) is 4.98 Å². The standard InChI is InChI=1S/C11H10BrN5OS/c12-6-1-9(19-4-6)10-16-11(18-17-10)8(13)2-7-3-14-5-15-7/h1,3-5,8H,2,13H2,(H,14,15). The summed E-state index contributed by atoms with van der Waals surface area (Å²) in [6, 6.07) is 1.60. The summed E-state index contributed by atoms with van der Waals surface area (Å²) in [6.07, 6.45) is 3.92. The topological polar surface area (TPSA) is 93.6 Å². The first-order valence-corrected chi connectivity index (χ1v) is 7.20. The number of imidazole rings is 1. The van der Waals surface area contributed by atoms with Gasteiger partial charge in [0.1, 0.15) is 0 Å². The zero-order valence-corrected chi connectivity index (χ0v) is 12.1. The summed E-state index contributed by atoms with van der Waals surface area (Å²) < 4.78 is 6.21. The third kappa shape index (κ3) is 2.75. The Kier molecular flexibility index (Phi) is 3.45. The molecule has 6 nitrogen and oxygen atoms in total. The number of nitrogens with zero attached hydrogens (tertiary/aromatic N) is 3. The van der Waals surface area contributed by atoms with E-state index >= 15 is 0 Å². The summed E-state index contributed by atoms with van der Waals surface area (Å²) in [7, 11) is 0. The SMILES string of the molecule is NC(Cc1cnc[nH]1)c1nc(-c2cc(Br)cs2)no1. The smallest absolute Gasteiger partial charge is 0.244 e. The molecule has 3 N–H and O–H groups in total. The van der Waals surface area contributed by atoms with Crippen LogP contribution < -0.4 is 5.73 Å². The molecule has 0 amide bonds. The van der Waals surface area contributed by atoms with E-state index in [-0.39, 0.29) is 6.04 Å². The number of nitrogens with two attached hydrogens (primary N) is 1. The second kappa shape index (κ2) is 5.24. The van der Waals surface area contributed by atoms with Crippen LogP contribution in [0.3, 0.4) is 0 Å². The second-order valence-corrected chi connectivity index (χ2v) is 5.80. The molecule has 98 valence electrons. The molecule has 0 aliphatic heterocycles. The predicted molar refractivity (Wildman–Crippen MR) is 74.5 cm³/mol. The average molecular weight is 340 g/mol. The minimum absolute atomic E-state index is 0.342. The first-order chi connectivity index (χ1) is 9.22. The van der Waals surface area contributed by atoms with Crippen molar-refractivity contribution in [2.24, 2.45) is 5.73 Å². The summed E-state index contributed by atoms with van der Waals surface area (Å²) in [5.74, 6) is 0.986. The highest BCUT2D eigenvalue weighted by Crippen LogP contribution is 2.28. The van der Waals surface area contributed by atoms with Gasteiger partial charge >= 0.3 is 0 Å². The Hall–Kier alpha value is -1.51. The van der Waals surface area contributed by atoms with Gasteiger partial charge in [0.2, 0.25) is 11.7 Å². The Morgan fingerprint density at radius 3 is 3.11 bits per heavy atom. The van der Waals surface area contributed by atoms with Gasteiger partial charge in [0.15, 0.2) is 0 Å². The van der Waals surface area contributed by atoms with Crippen molar-refractivity contribution in [3.63, 3.8) is 0 Å². The molecule has 0 aromatic carbocycles. The molecule has 0 aliphatic carbocycles. The molecule has 0 saturated carbocycles. The van der Waals surface area contributed by atoms with Gasteiger partial charge in [-0.3, -0.25) is 0 Å². The van der Waals surface area contributed by atoms with Crippen molar-refractivity contribution < 1.29 is 4.52 Å². The lowest BCUT2D eigenvalue weighted by Gasteiger charge is -2.03. The Balaban J connectivity index is 1.77. The number of hydrogen-bond acceptors (Lipinski definition) is 6. The summed E-state index contributed by atoms with van der Waals surface area (Å²) >= 11 is 4.94. The third-order valence-electron chi connectivity index (χ3n) is 2.54. The van der Waals surface area contributed by atoms with Crippen LogP contribution in [0, 0.1) is 0 Å². The first kappa shape index (κ1) is 12.5. The maximum Gasteiger partial charge on any atom is 0.244 e. The molecule has 8 heteroatoms. The number of aromatic amines is 1. The fraction of sp³-hybridized carbons (Fsp3) is 0.182. The van der Waals surface area contributed by atoms with Crippen LogP contribution in [0.2, 0.25) is 0 Å². The van der Waals surface area contributed by atoms with E-state index in [0.29, 0.717) is 18.1 Å².